The maximum absolute atomic E-state index is 9.27. The molecule has 0 aliphatic heterocycles. The lowest BCUT2D eigenvalue weighted by atomic mass is 9.98. The van der Waals surface area contributed by atoms with E-state index >= 15 is 0 Å². The van der Waals surface area contributed by atoms with Crippen molar-refractivity contribution in [3.8, 4) is 51.1 Å². The summed E-state index contributed by atoms with van der Waals surface area (Å²) < 4.78 is 32.3. The van der Waals surface area contributed by atoms with Crippen molar-refractivity contribution >= 4 is 105 Å². The van der Waals surface area contributed by atoms with Crippen LogP contribution >= 0.6 is 0 Å². The Morgan fingerprint density at radius 1 is 0.347 bits per heavy atom. The maximum atomic E-state index is 9.27. The van der Waals surface area contributed by atoms with E-state index in [1.54, 1.807) is 6.07 Å². The second-order valence-corrected chi connectivity index (χ2v) is 24.3. The van der Waals surface area contributed by atoms with Crippen molar-refractivity contribution in [1.29, 1.82) is 5.26 Å². The molecule has 0 amide bonds. The number of para-hydroxylation sites is 1. The van der Waals surface area contributed by atoms with E-state index in [4.69, 9.17) is 37.4 Å². The van der Waals surface area contributed by atoms with Crippen molar-refractivity contribution in [2.75, 3.05) is 0 Å². The number of hydrogen-bond acceptors (Lipinski definition) is 5. The Morgan fingerprint density at radius 3 is 1.35 bits per heavy atom. The molecule has 95 heavy (non-hydrogen) atoms. The van der Waals surface area contributed by atoms with Crippen LogP contribution in [0.1, 0.15) is 44.5 Å². The summed E-state index contributed by atoms with van der Waals surface area (Å²) in [5, 5.41) is 17.3. The van der Waals surface area contributed by atoms with E-state index in [9.17, 15) is 5.26 Å². The molecule has 0 radical (unpaired) electrons. The van der Waals surface area contributed by atoms with Gasteiger partial charge in [0, 0.05) is 108 Å². The Labute approximate surface area is 550 Å². The average Bonchev–Trinajstić information content (AvgIpc) is 1.65. The van der Waals surface area contributed by atoms with Gasteiger partial charge in [-0.3, -0.25) is 0 Å². The predicted molar refractivity (Wildman–Crippen MR) is 378 cm³/mol. The first-order valence-electron chi connectivity index (χ1n) is 31.2. The van der Waals surface area contributed by atoms with E-state index in [-0.39, 0.29) is 0 Å². The zero-order valence-corrected chi connectivity index (χ0v) is 54.8. The normalized spacial score (nSPS) is 11.1. The van der Waals surface area contributed by atoms with Crippen LogP contribution in [0.15, 0.2) is 218 Å². The summed E-state index contributed by atoms with van der Waals surface area (Å²) in [6.07, 6.45) is 8.14. The molecule has 0 aliphatic rings. The van der Waals surface area contributed by atoms with Crippen molar-refractivity contribution in [3.05, 3.63) is 279 Å². The molecule has 16 rings (SSSR count). The predicted octanol–water partition coefficient (Wildman–Crippen LogP) is 20.0. The first-order chi connectivity index (χ1) is 46.0. The molecule has 0 saturated carbocycles. The van der Waals surface area contributed by atoms with Gasteiger partial charge in [-0.15, -0.1) is 0 Å². The van der Waals surface area contributed by atoms with Crippen LogP contribution in [0.3, 0.4) is 0 Å². The van der Waals surface area contributed by atoms with E-state index in [0.29, 0.717) is 28.2 Å². The molecule has 458 valence electrons. The third kappa shape index (κ3) is 11.1. The van der Waals surface area contributed by atoms with Gasteiger partial charge in [-0.1, -0.05) is 35.9 Å². The van der Waals surface area contributed by atoms with Gasteiger partial charge in [-0.25, -0.2) is 32.8 Å². The molecule has 12 nitrogen and oxygen atoms in total. The Morgan fingerprint density at radius 2 is 0.800 bits per heavy atom. The van der Waals surface area contributed by atoms with Gasteiger partial charge < -0.3 is 17.7 Å². The molecule has 16 aromatic rings. The summed E-state index contributed by atoms with van der Waals surface area (Å²) in [7, 11) is 8.14. The number of fused-ring (bicyclic) bond motifs is 12. The third-order valence-corrected chi connectivity index (χ3v) is 18.0. The summed E-state index contributed by atoms with van der Waals surface area (Å²) >= 11 is 0. The van der Waals surface area contributed by atoms with Crippen molar-refractivity contribution in [2.24, 2.45) is 28.2 Å². The van der Waals surface area contributed by atoms with E-state index in [2.05, 4.69) is 159 Å². The van der Waals surface area contributed by atoms with E-state index in [1.807, 2.05) is 152 Å². The number of benzene rings is 8. The zero-order chi connectivity index (χ0) is 66.5. The number of hydrogen-bond donors (Lipinski definition) is 0. The SMILES string of the molecule is Cc1cc2oc3c(C#N)cccc3c2cc1-c1cccc[n+]1C.[C-]#[N+]c1c(-c2cccc[n+]2C)c(C)cc2oc3ccc(C)cc3c12.[C-]#[N+]c1c(C)ccc2oc3cc(C)c(-c4cccc[n+]4C)cc3c12.[C-]#[N+]c1cc2oc3cc(C)c(-c4cccc[n+]4C)cc3c2cc1C. The smallest absolute Gasteiger partial charge is 0.212 e. The molecule has 0 saturated heterocycles. The molecule has 0 bridgehead atoms. The summed E-state index contributed by atoms with van der Waals surface area (Å²) in [6, 6.07) is 61.2. The van der Waals surface area contributed by atoms with Gasteiger partial charge in [-0.2, -0.15) is 5.26 Å². The van der Waals surface area contributed by atoms with Gasteiger partial charge in [0.15, 0.2) is 36.1 Å². The fraction of sp³-hybridized carbons (Fsp3) is 0.133. The Bertz CT molecular complexity index is 6010. The Kier molecular flexibility index (Phi) is 16.1. The summed E-state index contributed by atoms with van der Waals surface area (Å²) in [5.41, 5.74) is 25.5. The summed E-state index contributed by atoms with van der Waals surface area (Å²) in [4.78, 5) is 11.2. The third-order valence-electron chi connectivity index (χ3n) is 18.0. The van der Waals surface area contributed by atoms with Crippen LogP contribution in [-0.2, 0) is 28.2 Å². The highest BCUT2D eigenvalue weighted by molar-refractivity contribution is 6.16. The topological polar surface area (TPSA) is 105 Å². The molecular formula is C83H66N8O4+4. The number of pyridine rings is 4. The lowest BCUT2D eigenvalue weighted by Gasteiger charge is -2.08. The first-order valence-corrected chi connectivity index (χ1v) is 31.2. The van der Waals surface area contributed by atoms with Crippen molar-refractivity contribution in [1.82, 2.24) is 0 Å². The van der Waals surface area contributed by atoms with Gasteiger partial charge in [0.25, 0.3) is 0 Å². The molecule has 0 N–H and O–H groups in total. The van der Waals surface area contributed by atoms with Crippen LogP contribution in [0.2, 0.25) is 0 Å². The standard InChI is InChI=1S/3C21H17N2O.C20H15N2O/c1-13-8-9-18-20(21(13)22-3)16-12-15(14(2)11-19(16)24-18)17-7-5-6-10-23(17)4;1-13-8-9-17-15(11-13)20-18(24-17)12-14(2)19(21(20)22-3)16-7-5-6-10-23(16)4;1-13-10-20-17(11-15(13)19-7-5-6-8-23(19)4)16-9-14(2)18(22-3)12-21(16)24-20;1-13-10-19-17(11-16(13)18-8-3-4-9-22(18)2)15-7-5-6-14(12-21)20(15)23-19/h3*5-12H,1-2,4H3;3-11H,1-2H3/q4*+1. The highest BCUT2D eigenvalue weighted by Crippen LogP contribution is 2.45. The van der Waals surface area contributed by atoms with Crippen LogP contribution in [0, 0.1) is 79.5 Å². The largest absolute Gasteiger partial charge is 0.457 e. The number of nitrogens with zero attached hydrogens (tertiary/aromatic N) is 8. The van der Waals surface area contributed by atoms with Gasteiger partial charge in [-0.05, 0) is 179 Å². The lowest BCUT2D eigenvalue weighted by molar-refractivity contribution is -0.660. The van der Waals surface area contributed by atoms with Gasteiger partial charge in [0.05, 0.1) is 30.8 Å². The second kappa shape index (κ2) is 25.0. The van der Waals surface area contributed by atoms with Crippen LogP contribution in [0.5, 0.6) is 0 Å². The van der Waals surface area contributed by atoms with Gasteiger partial charge in [0.1, 0.15) is 73.3 Å². The van der Waals surface area contributed by atoms with Gasteiger partial charge in [0.2, 0.25) is 34.2 Å². The minimum Gasteiger partial charge on any atom is -0.457 e. The first kappa shape index (κ1) is 61.4. The average molecular weight is 1240 g/mol. The Balaban J connectivity index is 0.000000115. The monoisotopic (exact) mass is 1240 g/mol. The van der Waals surface area contributed by atoms with Crippen molar-refractivity contribution in [3.63, 3.8) is 0 Å². The number of aromatic nitrogens is 4. The minimum atomic E-state index is 0.572. The van der Waals surface area contributed by atoms with Crippen LogP contribution < -0.4 is 18.3 Å². The highest BCUT2D eigenvalue weighted by atomic mass is 16.3. The molecule has 0 aliphatic carbocycles. The fourth-order valence-electron chi connectivity index (χ4n) is 13.1. The van der Waals surface area contributed by atoms with Crippen LogP contribution in [-0.4, -0.2) is 0 Å². The summed E-state index contributed by atoms with van der Waals surface area (Å²) in [5.74, 6) is 0. The minimum absolute atomic E-state index is 0.572. The molecule has 0 unspecified atom stereocenters. The van der Waals surface area contributed by atoms with Crippen molar-refractivity contribution < 1.29 is 35.9 Å². The number of furan rings is 4. The molecule has 0 spiro atoms. The van der Waals surface area contributed by atoms with E-state index < -0.39 is 0 Å². The lowest BCUT2D eigenvalue weighted by Crippen LogP contribution is -2.30. The van der Waals surface area contributed by atoms with Crippen molar-refractivity contribution in [2.45, 2.75) is 48.5 Å². The molecular weight excluding hydrogens is 1170 g/mol. The van der Waals surface area contributed by atoms with Crippen LogP contribution in [0.4, 0.5) is 17.1 Å². The molecule has 0 fully saturated rings. The molecule has 0 atom stereocenters. The molecule has 12 heteroatoms. The zero-order valence-electron chi connectivity index (χ0n) is 54.8. The Hall–Kier alpha value is -12.5. The van der Waals surface area contributed by atoms with Crippen LogP contribution in [0.25, 0.3) is 147 Å². The number of aryl methyl sites for hydroxylation is 11. The molecule has 8 heterocycles. The molecule has 8 aromatic heterocycles. The van der Waals surface area contributed by atoms with E-state index in [1.165, 1.54) is 22.4 Å². The number of rotatable bonds is 4. The van der Waals surface area contributed by atoms with Gasteiger partial charge >= 0.3 is 0 Å². The number of nitriles is 1. The maximum Gasteiger partial charge on any atom is 0.212 e. The highest BCUT2D eigenvalue weighted by Gasteiger charge is 2.25. The quantitative estimate of drug-likeness (QED) is 0.129. The molecule has 8 aromatic carbocycles. The fourth-order valence-corrected chi connectivity index (χ4v) is 13.1. The summed E-state index contributed by atoms with van der Waals surface area (Å²) in [6.45, 7) is 37.0. The second-order valence-electron chi connectivity index (χ2n) is 24.3. The van der Waals surface area contributed by atoms with E-state index in [0.717, 1.165) is 144 Å².